The Balaban J connectivity index is 2.19. The number of hydrogen-bond donors (Lipinski definition) is 0. The molecule has 0 amide bonds. The molecule has 1 aromatic rings. The first-order chi connectivity index (χ1) is 6.66. The molecule has 2 rings (SSSR count). The summed E-state index contributed by atoms with van der Waals surface area (Å²) in [4.78, 5) is 8.44. The molecule has 1 aromatic heterocycles. The number of ether oxygens (including phenoxy) is 1. The van der Waals surface area contributed by atoms with Crippen LogP contribution in [0.2, 0.25) is 5.15 Å². The van der Waals surface area contributed by atoms with E-state index < -0.39 is 0 Å². The Kier molecular flexibility index (Phi) is 2.59. The molecule has 0 aromatic carbocycles. The number of nitrogens with zero attached hydrogens (tertiary/aromatic N) is 2. The SMILES string of the molecule is Cc1nc(Cl)c(OC2CCC2)nc1C. The minimum atomic E-state index is 0.295. The standard InChI is InChI=1S/C10H13ClN2O/c1-6-7(2)13-10(9(11)12-6)14-8-4-3-5-8/h8H,3-5H2,1-2H3. The van der Waals surface area contributed by atoms with E-state index in [1.165, 1.54) is 6.42 Å². The Morgan fingerprint density at radius 1 is 1.21 bits per heavy atom. The Labute approximate surface area is 88.5 Å². The topological polar surface area (TPSA) is 35.0 Å². The first kappa shape index (κ1) is 9.71. The van der Waals surface area contributed by atoms with E-state index in [1.807, 2.05) is 13.8 Å². The van der Waals surface area contributed by atoms with Gasteiger partial charge in [0.1, 0.15) is 6.10 Å². The third-order valence-corrected chi connectivity index (χ3v) is 2.81. The fourth-order valence-electron chi connectivity index (χ4n) is 1.28. The van der Waals surface area contributed by atoms with Crippen molar-refractivity contribution in [2.24, 2.45) is 0 Å². The maximum Gasteiger partial charge on any atom is 0.252 e. The zero-order valence-corrected chi connectivity index (χ0v) is 9.14. The highest BCUT2D eigenvalue weighted by atomic mass is 35.5. The second-order valence-electron chi connectivity index (χ2n) is 3.66. The van der Waals surface area contributed by atoms with Crippen LogP contribution in [0.3, 0.4) is 0 Å². The van der Waals surface area contributed by atoms with Gasteiger partial charge in [-0.25, -0.2) is 9.97 Å². The van der Waals surface area contributed by atoms with E-state index >= 15 is 0 Å². The largest absolute Gasteiger partial charge is 0.472 e. The molecule has 14 heavy (non-hydrogen) atoms. The highest BCUT2D eigenvalue weighted by Gasteiger charge is 2.21. The van der Waals surface area contributed by atoms with Gasteiger partial charge in [0, 0.05) is 0 Å². The molecule has 76 valence electrons. The van der Waals surface area contributed by atoms with Crippen LogP contribution in [0, 0.1) is 13.8 Å². The lowest BCUT2D eigenvalue weighted by molar-refractivity contribution is 0.114. The molecule has 1 saturated carbocycles. The van der Waals surface area contributed by atoms with Crippen LogP contribution in [0.4, 0.5) is 0 Å². The number of hydrogen-bond acceptors (Lipinski definition) is 3. The first-order valence-corrected chi connectivity index (χ1v) is 5.22. The van der Waals surface area contributed by atoms with Gasteiger partial charge in [-0.05, 0) is 33.1 Å². The quantitative estimate of drug-likeness (QED) is 0.756. The van der Waals surface area contributed by atoms with Crippen molar-refractivity contribution in [1.29, 1.82) is 0 Å². The molecule has 1 fully saturated rings. The lowest BCUT2D eigenvalue weighted by Crippen LogP contribution is -2.25. The van der Waals surface area contributed by atoms with E-state index in [9.17, 15) is 0 Å². The van der Waals surface area contributed by atoms with Gasteiger partial charge >= 0.3 is 0 Å². The molecule has 1 aliphatic carbocycles. The van der Waals surface area contributed by atoms with Crippen molar-refractivity contribution in [3.05, 3.63) is 16.5 Å². The van der Waals surface area contributed by atoms with Crippen molar-refractivity contribution in [2.45, 2.75) is 39.2 Å². The summed E-state index contributed by atoms with van der Waals surface area (Å²) < 4.78 is 5.61. The van der Waals surface area contributed by atoms with Crippen molar-refractivity contribution < 1.29 is 4.74 Å². The maximum atomic E-state index is 5.93. The molecular formula is C10H13ClN2O. The van der Waals surface area contributed by atoms with Crippen LogP contribution in [0.1, 0.15) is 30.7 Å². The average Bonchev–Trinajstić information content (AvgIpc) is 2.06. The summed E-state index contributed by atoms with van der Waals surface area (Å²) >= 11 is 5.93. The zero-order valence-electron chi connectivity index (χ0n) is 8.38. The average molecular weight is 213 g/mol. The van der Waals surface area contributed by atoms with Gasteiger partial charge in [0.2, 0.25) is 0 Å². The predicted molar refractivity (Wildman–Crippen MR) is 54.8 cm³/mol. The minimum absolute atomic E-state index is 0.295. The van der Waals surface area contributed by atoms with Gasteiger partial charge in [-0.15, -0.1) is 0 Å². The van der Waals surface area contributed by atoms with Crippen LogP contribution in [0.15, 0.2) is 0 Å². The molecule has 3 nitrogen and oxygen atoms in total. The van der Waals surface area contributed by atoms with Crippen LogP contribution < -0.4 is 4.74 Å². The molecule has 0 atom stereocenters. The van der Waals surface area contributed by atoms with Crippen molar-refractivity contribution >= 4 is 11.6 Å². The fraction of sp³-hybridized carbons (Fsp3) is 0.600. The van der Waals surface area contributed by atoms with Crippen LogP contribution >= 0.6 is 11.6 Å². The lowest BCUT2D eigenvalue weighted by atomic mass is 9.96. The Morgan fingerprint density at radius 2 is 1.86 bits per heavy atom. The third-order valence-electron chi connectivity index (χ3n) is 2.57. The minimum Gasteiger partial charge on any atom is -0.472 e. The molecule has 0 radical (unpaired) electrons. The van der Waals surface area contributed by atoms with Gasteiger partial charge in [-0.3, -0.25) is 0 Å². The van der Waals surface area contributed by atoms with Gasteiger partial charge < -0.3 is 4.74 Å². The summed E-state index contributed by atoms with van der Waals surface area (Å²) in [5, 5.41) is 0.375. The molecule has 0 unspecified atom stereocenters. The molecular weight excluding hydrogens is 200 g/mol. The molecule has 1 heterocycles. The van der Waals surface area contributed by atoms with E-state index in [2.05, 4.69) is 9.97 Å². The summed E-state index contributed by atoms with van der Waals surface area (Å²) in [5.74, 6) is 0.486. The van der Waals surface area contributed by atoms with Gasteiger partial charge in [0.25, 0.3) is 5.88 Å². The highest BCUT2D eigenvalue weighted by molar-refractivity contribution is 6.30. The van der Waals surface area contributed by atoms with Crippen LogP contribution in [-0.2, 0) is 0 Å². The highest BCUT2D eigenvalue weighted by Crippen LogP contribution is 2.28. The van der Waals surface area contributed by atoms with E-state index in [0.717, 1.165) is 24.2 Å². The molecule has 4 heteroatoms. The van der Waals surface area contributed by atoms with E-state index in [0.29, 0.717) is 17.1 Å². The Hall–Kier alpha value is -0.830. The summed E-state index contributed by atoms with van der Waals surface area (Å²) in [6.45, 7) is 3.80. The smallest absolute Gasteiger partial charge is 0.252 e. The number of rotatable bonds is 2. The number of halogens is 1. The van der Waals surface area contributed by atoms with Gasteiger partial charge in [0.15, 0.2) is 5.15 Å². The van der Waals surface area contributed by atoms with Crippen molar-refractivity contribution in [1.82, 2.24) is 9.97 Å². The number of aromatic nitrogens is 2. The second kappa shape index (κ2) is 3.73. The molecule has 0 spiro atoms. The summed E-state index contributed by atoms with van der Waals surface area (Å²) in [5.41, 5.74) is 1.74. The monoisotopic (exact) mass is 212 g/mol. The van der Waals surface area contributed by atoms with Crippen LogP contribution in [-0.4, -0.2) is 16.1 Å². The van der Waals surface area contributed by atoms with E-state index in [4.69, 9.17) is 16.3 Å². The van der Waals surface area contributed by atoms with Crippen molar-refractivity contribution in [3.8, 4) is 5.88 Å². The van der Waals surface area contributed by atoms with Crippen LogP contribution in [0.25, 0.3) is 0 Å². The maximum absolute atomic E-state index is 5.93. The number of aryl methyl sites for hydroxylation is 2. The summed E-state index contributed by atoms with van der Waals surface area (Å²) in [6, 6.07) is 0. The molecule has 0 bridgehead atoms. The van der Waals surface area contributed by atoms with E-state index in [1.54, 1.807) is 0 Å². The first-order valence-electron chi connectivity index (χ1n) is 4.84. The van der Waals surface area contributed by atoms with Crippen molar-refractivity contribution in [3.63, 3.8) is 0 Å². The van der Waals surface area contributed by atoms with Gasteiger partial charge in [-0.2, -0.15) is 0 Å². The fourth-order valence-corrected chi connectivity index (χ4v) is 1.49. The van der Waals surface area contributed by atoms with Crippen molar-refractivity contribution in [2.75, 3.05) is 0 Å². The lowest BCUT2D eigenvalue weighted by Gasteiger charge is -2.26. The van der Waals surface area contributed by atoms with Gasteiger partial charge in [0.05, 0.1) is 11.4 Å². The predicted octanol–water partition coefficient (Wildman–Crippen LogP) is 2.68. The summed E-state index contributed by atoms with van der Waals surface area (Å²) in [7, 11) is 0. The third kappa shape index (κ3) is 1.82. The molecule has 0 N–H and O–H groups in total. The Bertz CT molecular complexity index is 350. The van der Waals surface area contributed by atoms with E-state index in [-0.39, 0.29) is 0 Å². The molecule has 0 saturated heterocycles. The Morgan fingerprint density at radius 3 is 2.43 bits per heavy atom. The zero-order chi connectivity index (χ0) is 10.1. The van der Waals surface area contributed by atoms with Crippen LogP contribution in [0.5, 0.6) is 5.88 Å². The summed E-state index contributed by atoms with van der Waals surface area (Å²) in [6.07, 6.45) is 3.74. The second-order valence-corrected chi connectivity index (χ2v) is 4.02. The molecule has 0 aliphatic heterocycles. The normalized spacial score (nSPS) is 16.5. The molecule has 1 aliphatic rings. The van der Waals surface area contributed by atoms with Gasteiger partial charge in [-0.1, -0.05) is 11.6 Å².